The summed E-state index contributed by atoms with van der Waals surface area (Å²) in [6, 6.07) is 88.1. The molecule has 3 nitrogen and oxygen atoms in total. The van der Waals surface area contributed by atoms with Gasteiger partial charge in [0.1, 0.15) is 0 Å². The van der Waals surface area contributed by atoms with Crippen LogP contribution in [-0.4, -0.2) is 13.5 Å². The lowest BCUT2D eigenvalue weighted by molar-refractivity contribution is 1.18. The van der Waals surface area contributed by atoms with Crippen LogP contribution in [-0.2, 0) is 0 Å². The smallest absolute Gasteiger partial charge is 0.0622 e. The molecule has 69 heavy (non-hydrogen) atoms. The van der Waals surface area contributed by atoms with E-state index in [0.717, 1.165) is 5.69 Å². The second-order valence-corrected chi connectivity index (χ2v) is 18.8. The van der Waals surface area contributed by atoms with Crippen molar-refractivity contribution in [3.05, 3.63) is 237 Å². The molecule has 0 aliphatic heterocycles. The highest BCUT2D eigenvalue weighted by Gasteiger charge is 2.22. The van der Waals surface area contributed by atoms with E-state index in [1.165, 1.54) is 142 Å². The predicted octanol–water partition coefficient (Wildman–Crippen LogP) is 17.8. The van der Waals surface area contributed by atoms with Crippen LogP contribution < -0.4 is 0 Å². The summed E-state index contributed by atoms with van der Waals surface area (Å²) in [5.41, 5.74) is 15.7. The van der Waals surface area contributed by atoms with Gasteiger partial charge in [-0.3, -0.25) is 0 Å². The van der Waals surface area contributed by atoms with Crippen LogP contribution in [0.25, 0.3) is 148 Å². The van der Waals surface area contributed by atoms with Crippen molar-refractivity contribution in [3.8, 4) is 33.6 Å². The summed E-state index contributed by atoms with van der Waals surface area (Å²) in [6.07, 6.45) is 0. The van der Waals surface area contributed by atoms with Crippen LogP contribution in [0.2, 0.25) is 0 Å². The second kappa shape index (κ2) is 13.7. The molecule has 0 atom stereocenters. The van der Waals surface area contributed by atoms with Crippen molar-refractivity contribution in [1.29, 1.82) is 0 Å². The van der Waals surface area contributed by atoms with Gasteiger partial charge in [0, 0.05) is 54.5 Å². The third kappa shape index (κ3) is 5.06. The van der Waals surface area contributed by atoms with Gasteiger partial charge in [0.25, 0.3) is 0 Å². The van der Waals surface area contributed by atoms with E-state index >= 15 is 0 Å². The molecule has 0 saturated carbocycles. The quantitative estimate of drug-likeness (QED) is 0.156. The van der Waals surface area contributed by atoms with Gasteiger partial charge in [-0.2, -0.15) is 0 Å². The SMILES string of the molecule is c1ccc(-n2c3ccc(-c4ccc5c6ccccc6c6ccccc6c5c4)cc3c3cc(-c4ccc5c(c4)c4ccccc4n5-c4cc5c6ccccc6n6c7ccccc7c(c4)c56)ccc32)cc1. The van der Waals surface area contributed by atoms with Crippen molar-refractivity contribution in [2.75, 3.05) is 0 Å². The number of aromatic nitrogens is 3. The normalized spacial score (nSPS) is 12.3. The van der Waals surface area contributed by atoms with Crippen molar-refractivity contribution in [1.82, 2.24) is 13.5 Å². The summed E-state index contributed by atoms with van der Waals surface area (Å²) >= 11 is 0. The molecule has 318 valence electrons. The van der Waals surface area contributed by atoms with Gasteiger partial charge in [-0.25, -0.2) is 0 Å². The first kappa shape index (κ1) is 37.0. The molecule has 4 aromatic heterocycles. The topological polar surface area (TPSA) is 14.3 Å². The van der Waals surface area contributed by atoms with Crippen molar-refractivity contribution in [2.45, 2.75) is 0 Å². The molecule has 0 saturated heterocycles. The van der Waals surface area contributed by atoms with Gasteiger partial charge >= 0.3 is 0 Å². The van der Waals surface area contributed by atoms with Gasteiger partial charge in [0.15, 0.2) is 0 Å². The molecule has 16 aromatic rings. The monoisotopic (exact) mass is 873 g/mol. The van der Waals surface area contributed by atoms with Gasteiger partial charge < -0.3 is 13.5 Å². The zero-order valence-corrected chi connectivity index (χ0v) is 37.4. The number of hydrogen-bond donors (Lipinski definition) is 0. The Bertz CT molecular complexity index is 4710. The third-order valence-corrected chi connectivity index (χ3v) is 15.3. The highest BCUT2D eigenvalue weighted by atomic mass is 15.0. The van der Waals surface area contributed by atoms with E-state index in [4.69, 9.17) is 0 Å². The number of benzene rings is 12. The fraction of sp³-hybridized carbons (Fsp3) is 0. The lowest BCUT2D eigenvalue weighted by atomic mass is 9.92. The summed E-state index contributed by atoms with van der Waals surface area (Å²) in [4.78, 5) is 0. The van der Waals surface area contributed by atoms with E-state index in [-0.39, 0.29) is 0 Å². The Morgan fingerprint density at radius 1 is 0.188 bits per heavy atom. The maximum atomic E-state index is 2.48. The molecule has 0 bridgehead atoms. The maximum absolute atomic E-state index is 2.48. The molecule has 0 unspecified atom stereocenters. The van der Waals surface area contributed by atoms with Gasteiger partial charge in [-0.05, 0) is 140 Å². The third-order valence-electron chi connectivity index (χ3n) is 15.3. The van der Waals surface area contributed by atoms with Crippen molar-refractivity contribution < 1.29 is 0 Å². The molecule has 0 amide bonds. The van der Waals surface area contributed by atoms with Crippen molar-refractivity contribution in [2.24, 2.45) is 0 Å². The lowest BCUT2D eigenvalue weighted by Crippen LogP contribution is -1.94. The molecular weight excluding hydrogens is 835 g/mol. The Hall–Kier alpha value is -9.18. The molecule has 3 heteroatoms. The first-order valence-corrected chi connectivity index (χ1v) is 23.9. The molecule has 4 heterocycles. The Kier molecular flexibility index (Phi) is 7.34. The van der Waals surface area contributed by atoms with E-state index in [0.29, 0.717) is 0 Å². The molecule has 0 fully saturated rings. The van der Waals surface area contributed by atoms with Crippen LogP contribution >= 0.6 is 0 Å². The summed E-state index contributed by atoms with van der Waals surface area (Å²) in [6.45, 7) is 0. The van der Waals surface area contributed by atoms with Crippen molar-refractivity contribution >= 4 is 114 Å². The number of nitrogens with zero attached hydrogens (tertiary/aromatic N) is 3. The zero-order valence-electron chi connectivity index (χ0n) is 37.4. The Morgan fingerprint density at radius 2 is 0.522 bits per heavy atom. The molecule has 0 aliphatic rings. The fourth-order valence-corrected chi connectivity index (χ4v) is 12.3. The van der Waals surface area contributed by atoms with E-state index < -0.39 is 0 Å². The zero-order chi connectivity index (χ0) is 44.9. The Balaban J connectivity index is 0.890. The van der Waals surface area contributed by atoms with Crippen LogP contribution in [0.5, 0.6) is 0 Å². The van der Waals surface area contributed by atoms with E-state index in [1.807, 2.05) is 0 Å². The predicted molar refractivity (Wildman–Crippen MR) is 293 cm³/mol. The van der Waals surface area contributed by atoms with Gasteiger partial charge in [0.2, 0.25) is 0 Å². The highest BCUT2D eigenvalue weighted by molar-refractivity contribution is 6.27. The fourth-order valence-electron chi connectivity index (χ4n) is 12.3. The minimum absolute atomic E-state index is 1.15. The summed E-state index contributed by atoms with van der Waals surface area (Å²) in [5.74, 6) is 0. The molecule has 12 aromatic carbocycles. The Labute approximate surface area is 395 Å². The molecular formula is C66H39N3. The minimum atomic E-state index is 1.15. The summed E-state index contributed by atoms with van der Waals surface area (Å²) in [7, 11) is 0. The first-order valence-electron chi connectivity index (χ1n) is 23.9. The van der Waals surface area contributed by atoms with Gasteiger partial charge in [-0.15, -0.1) is 0 Å². The lowest BCUT2D eigenvalue weighted by Gasteiger charge is -2.12. The number of hydrogen-bond acceptors (Lipinski definition) is 0. The number of rotatable bonds is 4. The molecule has 16 rings (SSSR count). The average Bonchev–Trinajstić information content (AvgIpc) is 4.15. The molecule has 0 aliphatic carbocycles. The van der Waals surface area contributed by atoms with E-state index in [1.54, 1.807) is 0 Å². The second-order valence-electron chi connectivity index (χ2n) is 18.8. The van der Waals surface area contributed by atoms with Crippen LogP contribution in [0.4, 0.5) is 0 Å². The molecule has 0 N–H and O–H groups in total. The van der Waals surface area contributed by atoms with Gasteiger partial charge in [0.05, 0.1) is 38.6 Å². The molecule has 0 spiro atoms. The first-order chi connectivity index (χ1) is 34.2. The highest BCUT2D eigenvalue weighted by Crippen LogP contribution is 2.44. The maximum Gasteiger partial charge on any atom is 0.0622 e. The summed E-state index contributed by atoms with van der Waals surface area (Å²) < 4.78 is 7.36. The largest absolute Gasteiger partial charge is 0.309 e. The van der Waals surface area contributed by atoms with E-state index in [9.17, 15) is 0 Å². The number of para-hydroxylation sites is 4. The van der Waals surface area contributed by atoms with Crippen LogP contribution in [0.3, 0.4) is 0 Å². The van der Waals surface area contributed by atoms with Crippen LogP contribution in [0.1, 0.15) is 0 Å². The minimum Gasteiger partial charge on any atom is -0.309 e. The Morgan fingerprint density at radius 3 is 1.03 bits per heavy atom. The standard InChI is InChI=1S/C66H39N3/c1-2-14-44(15-3-1)67-64-32-28-42(40-26-30-50-48-18-5-4-16-46(48)47-17-6-7-19-49(47)54(50)34-40)36-56(64)57-37-43(29-33-65(57)67)41-27-31-63-55(35-41)51-20-8-11-23-60(51)68(63)45-38-58-52-21-9-12-24-61(52)69-62-25-13-10-22-53(62)59(39-45)66(58)69/h1-39H. The number of fused-ring (bicyclic) bond motifs is 18. The van der Waals surface area contributed by atoms with Crippen molar-refractivity contribution in [3.63, 3.8) is 0 Å². The van der Waals surface area contributed by atoms with Crippen LogP contribution in [0, 0.1) is 0 Å². The van der Waals surface area contributed by atoms with E-state index in [2.05, 4.69) is 250 Å². The average molecular weight is 874 g/mol. The van der Waals surface area contributed by atoms with Crippen LogP contribution in [0.15, 0.2) is 237 Å². The van der Waals surface area contributed by atoms with Gasteiger partial charge in [-0.1, -0.05) is 152 Å². The molecule has 0 radical (unpaired) electrons. The summed E-state index contributed by atoms with van der Waals surface area (Å²) in [5, 5.41) is 17.8.